The number of imidazole rings is 1. The Bertz CT molecular complexity index is 661. The summed E-state index contributed by atoms with van der Waals surface area (Å²) < 4.78 is 0. The minimum absolute atomic E-state index is 0.403. The van der Waals surface area contributed by atoms with Crippen molar-refractivity contribution in [1.29, 1.82) is 0 Å². The molecular weight excluding hydrogens is 228 g/mol. The Morgan fingerprint density at radius 2 is 2.00 bits per heavy atom. The molecule has 6 heteroatoms. The van der Waals surface area contributed by atoms with E-state index in [2.05, 4.69) is 25.3 Å². The van der Waals surface area contributed by atoms with Crippen molar-refractivity contribution in [1.82, 2.24) is 19.9 Å². The molecule has 0 bridgehead atoms. The van der Waals surface area contributed by atoms with Crippen LogP contribution in [0.3, 0.4) is 0 Å². The predicted octanol–water partition coefficient (Wildman–Crippen LogP) is 1.55. The van der Waals surface area contributed by atoms with Crippen molar-refractivity contribution >= 4 is 22.9 Å². The molecule has 6 nitrogen and oxygen atoms in total. The molecule has 0 radical (unpaired) electrons. The Labute approximate surface area is 103 Å². The lowest BCUT2D eigenvalue weighted by atomic mass is 10.2. The highest BCUT2D eigenvalue weighted by Gasteiger charge is 2.06. The number of H-pyrrole nitrogens is 1. The van der Waals surface area contributed by atoms with Gasteiger partial charge in [0.2, 0.25) is 5.95 Å². The lowest BCUT2D eigenvalue weighted by Gasteiger charge is -2.01. The van der Waals surface area contributed by atoms with Gasteiger partial charge < -0.3 is 16.0 Å². The molecule has 0 saturated carbocycles. The van der Waals surface area contributed by atoms with E-state index in [1.54, 1.807) is 0 Å². The van der Waals surface area contributed by atoms with E-state index in [1.165, 1.54) is 11.9 Å². The van der Waals surface area contributed by atoms with Crippen LogP contribution in [0.2, 0.25) is 0 Å². The number of nitrogens with one attached hydrogen (secondary N) is 2. The fourth-order valence-corrected chi connectivity index (χ4v) is 1.71. The summed E-state index contributed by atoms with van der Waals surface area (Å²) in [5.41, 5.74) is 8.13. The van der Waals surface area contributed by atoms with Crippen molar-refractivity contribution in [2.75, 3.05) is 11.1 Å². The molecule has 2 heterocycles. The Balaban J connectivity index is 1.81. The van der Waals surface area contributed by atoms with Crippen LogP contribution in [0.25, 0.3) is 11.2 Å². The van der Waals surface area contributed by atoms with Crippen LogP contribution in [0.4, 0.5) is 11.8 Å². The number of rotatable bonds is 3. The number of fused-ring (bicyclic) bond motifs is 1. The summed E-state index contributed by atoms with van der Waals surface area (Å²) in [7, 11) is 0. The zero-order valence-corrected chi connectivity index (χ0v) is 9.59. The minimum Gasteiger partial charge on any atom is -0.382 e. The Kier molecular flexibility index (Phi) is 2.53. The highest BCUT2D eigenvalue weighted by molar-refractivity contribution is 5.82. The van der Waals surface area contributed by atoms with E-state index in [9.17, 15) is 0 Å². The van der Waals surface area contributed by atoms with Crippen molar-refractivity contribution < 1.29 is 0 Å². The van der Waals surface area contributed by atoms with E-state index in [-0.39, 0.29) is 0 Å². The molecule has 0 aliphatic carbocycles. The molecule has 2 aromatic heterocycles. The van der Waals surface area contributed by atoms with Crippen LogP contribution in [0.5, 0.6) is 0 Å². The van der Waals surface area contributed by atoms with Gasteiger partial charge >= 0.3 is 0 Å². The summed E-state index contributed by atoms with van der Waals surface area (Å²) in [4.78, 5) is 15.3. The zero-order valence-electron chi connectivity index (χ0n) is 9.59. The van der Waals surface area contributed by atoms with Gasteiger partial charge in [0.15, 0.2) is 11.5 Å². The van der Waals surface area contributed by atoms with Crippen molar-refractivity contribution in [2.45, 2.75) is 6.54 Å². The summed E-state index contributed by atoms with van der Waals surface area (Å²) in [5.74, 6) is 1.04. The zero-order chi connectivity index (χ0) is 12.4. The highest BCUT2D eigenvalue weighted by Crippen LogP contribution is 2.16. The largest absolute Gasteiger partial charge is 0.382 e. The number of anilines is 2. The Morgan fingerprint density at radius 1 is 1.17 bits per heavy atom. The molecule has 0 atom stereocenters. The van der Waals surface area contributed by atoms with Gasteiger partial charge in [-0.3, -0.25) is 0 Å². The van der Waals surface area contributed by atoms with Crippen molar-refractivity contribution in [3.63, 3.8) is 0 Å². The molecule has 3 rings (SSSR count). The molecule has 90 valence electrons. The number of nitrogen functional groups attached to an aromatic ring is 1. The van der Waals surface area contributed by atoms with Gasteiger partial charge in [-0.2, -0.15) is 4.98 Å². The molecule has 0 amide bonds. The lowest BCUT2D eigenvalue weighted by molar-refractivity contribution is 1.10. The molecule has 0 unspecified atom stereocenters. The van der Waals surface area contributed by atoms with Crippen LogP contribution in [0.15, 0.2) is 36.7 Å². The van der Waals surface area contributed by atoms with Crippen LogP contribution in [-0.4, -0.2) is 19.9 Å². The predicted molar refractivity (Wildman–Crippen MR) is 69.9 cm³/mol. The average Bonchev–Trinajstić information content (AvgIpc) is 2.82. The molecule has 0 fully saturated rings. The summed E-state index contributed by atoms with van der Waals surface area (Å²) in [6, 6.07) is 10.1. The number of hydrogen-bond acceptors (Lipinski definition) is 5. The standard InChI is InChI=1S/C12H12N6/c13-10-9-11(16-7-15-10)18-12(17-9)14-6-8-4-2-1-3-5-8/h1-5,7H,6H2,(H4,13,14,15,16,17,18). The summed E-state index contributed by atoms with van der Waals surface area (Å²) in [6.07, 6.45) is 1.40. The van der Waals surface area contributed by atoms with E-state index >= 15 is 0 Å². The topological polar surface area (TPSA) is 92.5 Å². The first-order valence-corrected chi connectivity index (χ1v) is 5.57. The highest BCUT2D eigenvalue weighted by atomic mass is 15.2. The fraction of sp³-hybridized carbons (Fsp3) is 0.0833. The number of hydrogen-bond donors (Lipinski definition) is 3. The van der Waals surface area contributed by atoms with Crippen molar-refractivity contribution in [3.05, 3.63) is 42.2 Å². The van der Waals surface area contributed by atoms with Gasteiger partial charge in [0, 0.05) is 6.54 Å². The second kappa shape index (κ2) is 4.33. The van der Waals surface area contributed by atoms with Gasteiger partial charge in [0.1, 0.15) is 11.8 Å². The van der Waals surface area contributed by atoms with Crippen LogP contribution in [0.1, 0.15) is 5.56 Å². The van der Waals surface area contributed by atoms with Crippen LogP contribution < -0.4 is 11.1 Å². The first-order chi connectivity index (χ1) is 8.83. The van der Waals surface area contributed by atoms with Gasteiger partial charge in [0.05, 0.1) is 0 Å². The number of aromatic amines is 1. The first-order valence-electron chi connectivity index (χ1n) is 5.57. The molecular formula is C12H12N6. The summed E-state index contributed by atoms with van der Waals surface area (Å²) in [5, 5.41) is 3.19. The molecule has 3 aromatic rings. The molecule has 0 spiro atoms. The van der Waals surface area contributed by atoms with E-state index in [4.69, 9.17) is 5.73 Å². The molecule has 4 N–H and O–H groups in total. The number of nitrogens with two attached hydrogens (primary N) is 1. The van der Waals surface area contributed by atoms with Gasteiger partial charge in [-0.1, -0.05) is 30.3 Å². The molecule has 18 heavy (non-hydrogen) atoms. The van der Waals surface area contributed by atoms with E-state index in [0.29, 0.717) is 29.5 Å². The fourth-order valence-electron chi connectivity index (χ4n) is 1.71. The maximum Gasteiger partial charge on any atom is 0.203 e. The third-order valence-electron chi connectivity index (χ3n) is 2.62. The van der Waals surface area contributed by atoms with Crippen LogP contribution in [0, 0.1) is 0 Å². The lowest BCUT2D eigenvalue weighted by Crippen LogP contribution is -2.00. The second-order valence-corrected chi connectivity index (χ2v) is 3.88. The number of aromatic nitrogens is 4. The third-order valence-corrected chi connectivity index (χ3v) is 2.62. The normalized spacial score (nSPS) is 10.7. The van der Waals surface area contributed by atoms with E-state index in [1.807, 2.05) is 30.3 Å². The van der Waals surface area contributed by atoms with Gasteiger partial charge in [-0.05, 0) is 5.56 Å². The van der Waals surface area contributed by atoms with E-state index < -0.39 is 0 Å². The van der Waals surface area contributed by atoms with Crippen LogP contribution >= 0.6 is 0 Å². The van der Waals surface area contributed by atoms with Gasteiger partial charge in [-0.15, -0.1) is 0 Å². The summed E-state index contributed by atoms with van der Waals surface area (Å²) in [6.45, 7) is 0.688. The third kappa shape index (κ3) is 1.95. The van der Waals surface area contributed by atoms with E-state index in [0.717, 1.165) is 0 Å². The molecule has 0 aliphatic heterocycles. The minimum atomic E-state index is 0.403. The SMILES string of the molecule is Nc1ncnc2nc(NCc3ccccc3)[nH]c12. The Morgan fingerprint density at radius 3 is 2.78 bits per heavy atom. The summed E-state index contributed by atoms with van der Waals surface area (Å²) >= 11 is 0. The van der Waals surface area contributed by atoms with Gasteiger partial charge in [-0.25, -0.2) is 9.97 Å². The molecule has 0 saturated heterocycles. The first kappa shape index (κ1) is 10.5. The van der Waals surface area contributed by atoms with Crippen molar-refractivity contribution in [2.24, 2.45) is 0 Å². The number of benzene rings is 1. The maximum absolute atomic E-state index is 5.73. The molecule has 1 aromatic carbocycles. The van der Waals surface area contributed by atoms with Crippen LogP contribution in [-0.2, 0) is 6.54 Å². The average molecular weight is 240 g/mol. The Hall–Kier alpha value is -2.63. The smallest absolute Gasteiger partial charge is 0.203 e. The van der Waals surface area contributed by atoms with Gasteiger partial charge in [0.25, 0.3) is 0 Å². The second-order valence-electron chi connectivity index (χ2n) is 3.88. The number of nitrogens with zero attached hydrogens (tertiary/aromatic N) is 3. The van der Waals surface area contributed by atoms with Crippen molar-refractivity contribution in [3.8, 4) is 0 Å². The monoisotopic (exact) mass is 240 g/mol. The molecule has 0 aliphatic rings. The maximum atomic E-state index is 5.73. The quantitative estimate of drug-likeness (QED) is 0.646.